The number of imidazole rings is 1. The van der Waals surface area contributed by atoms with Crippen LogP contribution in [-0.2, 0) is 11.3 Å². The Morgan fingerprint density at radius 1 is 1.19 bits per heavy atom. The van der Waals surface area contributed by atoms with Gasteiger partial charge in [0.15, 0.2) is 0 Å². The molecule has 0 aliphatic carbocycles. The number of rotatable bonds is 9. The molecule has 36 heavy (non-hydrogen) atoms. The lowest BCUT2D eigenvalue weighted by Crippen LogP contribution is -2.46. The molecule has 7 heteroatoms. The normalized spacial score (nSPS) is 16.9. The van der Waals surface area contributed by atoms with Crippen LogP contribution in [0.15, 0.2) is 71.9 Å². The lowest BCUT2D eigenvalue weighted by atomic mass is 9.84. The molecular weight excluding hydrogens is 448 g/mol. The summed E-state index contributed by atoms with van der Waals surface area (Å²) in [5.41, 5.74) is 8.40. The van der Waals surface area contributed by atoms with E-state index in [-0.39, 0.29) is 23.9 Å². The van der Waals surface area contributed by atoms with E-state index in [1.165, 1.54) is 11.9 Å². The Kier molecular flexibility index (Phi) is 8.21. The third-order valence-corrected chi connectivity index (χ3v) is 6.72. The molecule has 1 amide bonds. The fraction of sp³-hybridized carbons (Fsp3) is 0.414. The number of hydrogen-bond donors (Lipinski definition) is 2. The first-order valence-corrected chi connectivity index (χ1v) is 12.7. The highest BCUT2D eigenvalue weighted by atomic mass is 16.2. The Bertz CT molecular complexity index is 1140. The van der Waals surface area contributed by atoms with Crippen molar-refractivity contribution in [3.8, 4) is 11.3 Å². The highest BCUT2D eigenvalue weighted by molar-refractivity contribution is 5.80. The van der Waals surface area contributed by atoms with Gasteiger partial charge in [-0.2, -0.15) is 0 Å². The van der Waals surface area contributed by atoms with Crippen LogP contribution in [-0.4, -0.2) is 52.9 Å². The van der Waals surface area contributed by atoms with E-state index < -0.39 is 0 Å². The van der Waals surface area contributed by atoms with Crippen LogP contribution < -0.4 is 11.1 Å². The fourth-order valence-electron chi connectivity index (χ4n) is 5.02. The van der Waals surface area contributed by atoms with Crippen molar-refractivity contribution in [1.29, 1.82) is 0 Å². The van der Waals surface area contributed by atoms with Gasteiger partial charge in [-0.05, 0) is 36.4 Å². The first-order valence-electron chi connectivity index (χ1n) is 12.7. The van der Waals surface area contributed by atoms with Crippen molar-refractivity contribution in [2.45, 2.75) is 39.8 Å². The predicted molar refractivity (Wildman–Crippen MR) is 146 cm³/mol. The standard InChI is InChI=1S/C29H38N6O/c1-29(2,3)27(35(26(36)17-32-21-30)19-23-14-15-31-16-23)28-33-25(24-12-8-5-9-13-24)20-34(28)18-22-10-6-4-7-11-22/h4-13,20-21,23,27,31H,14-19H2,1-3H3,(H2,30,32)/t23-,27-/m0/s1. The lowest BCUT2D eigenvalue weighted by molar-refractivity contribution is -0.135. The maximum Gasteiger partial charge on any atom is 0.244 e. The van der Waals surface area contributed by atoms with Crippen LogP contribution in [0.4, 0.5) is 0 Å². The molecule has 1 aliphatic rings. The van der Waals surface area contributed by atoms with Crippen LogP contribution in [0.3, 0.4) is 0 Å². The fourth-order valence-corrected chi connectivity index (χ4v) is 5.02. The molecule has 0 radical (unpaired) electrons. The minimum atomic E-state index is -0.262. The second-order valence-electron chi connectivity index (χ2n) is 10.6. The number of aromatic nitrogens is 2. The van der Waals surface area contributed by atoms with Crippen molar-refractivity contribution in [2.75, 3.05) is 26.2 Å². The summed E-state index contributed by atoms with van der Waals surface area (Å²) in [4.78, 5) is 24.9. The molecule has 2 atom stereocenters. The highest BCUT2D eigenvalue weighted by Gasteiger charge is 2.39. The highest BCUT2D eigenvalue weighted by Crippen LogP contribution is 2.40. The average molecular weight is 487 g/mol. The van der Waals surface area contributed by atoms with Gasteiger partial charge in [-0.1, -0.05) is 81.4 Å². The molecule has 0 saturated carbocycles. The van der Waals surface area contributed by atoms with E-state index in [9.17, 15) is 4.79 Å². The van der Waals surface area contributed by atoms with Crippen LogP contribution in [0, 0.1) is 11.3 Å². The van der Waals surface area contributed by atoms with Crippen LogP contribution in [0.1, 0.15) is 44.6 Å². The van der Waals surface area contributed by atoms with Crippen molar-refractivity contribution in [2.24, 2.45) is 22.1 Å². The monoisotopic (exact) mass is 486 g/mol. The van der Waals surface area contributed by atoms with Crippen LogP contribution >= 0.6 is 0 Å². The molecule has 0 bridgehead atoms. The molecule has 7 nitrogen and oxygen atoms in total. The molecule has 2 aromatic carbocycles. The molecule has 1 aliphatic heterocycles. The lowest BCUT2D eigenvalue weighted by Gasteiger charge is -2.41. The SMILES string of the molecule is CC(C)(C)[C@H](c1nc(-c2ccccc2)cn1Cc1ccccc1)N(C[C@H]1CCNC1)C(=O)CN=CN. The van der Waals surface area contributed by atoms with Gasteiger partial charge in [0, 0.05) is 24.8 Å². The molecular formula is C29H38N6O. The van der Waals surface area contributed by atoms with Crippen LogP contribution in [0.2, 0.25) is 0 Å². The number of hydrogen-bond acceptors (Lipinski definition) is 4. The summed E-state index contributed by atoms with van der Waals surface area (Å²) < 4.78 is 2.22. The summed E-state index contributed by atoms with van der Waals surface area (Å²) in [6.45, 7) is 9.81. The largest absolute Gasteiger partial charge is 0.390 e. The third kappa shape index (κ3) is 6.21. The van der Waals surface area contributed by atoms with Gasteiger partial charge >= 0.3 is 0 Å². The first-order chi connectivity index (χ1) is 17.4. The summed E-state index contributed by atoms with van der Waals surface area (Å²) in [6.07, 6.45) is 4.38. The number of benzene rings is 2. The Morgan fingerprint density at radius 3 is 2.50 bits per heavy atom. The molecule has 1 saturated heterocycles. The van der Waals surface area contributed by atoms with E-state index in [0.29, 0.717) is 19.0 Å². The van der Waals surface area contributed by atoms with Gasteiger partial charge in [0.25, 0.3) is 0 Å². The van der Waals surface area contributed by atoms with Gasteiger partial charge < -0.3 is 20.5 Å². The maximum atomic E-state index is 13.6. The quantitative estimate of drug-likeness (QED) is 0.352. The molecule has 3 N–H and O–H groups in total. The van der Waals surface area contributed by atoms with Gasteiger partial charge in [0.2, 0.25) is 5.91 Å². The number of amides is 1. The second-order valence-corrected chi connectivity index (χ2v) is 10.6. The Labute approximate surface area is 214 Å². The van der Waals surface area contributed by atoms with Crippen LogP contribution in [0.5, 0.6) is 0 Å². The molecule has 3 aromatic rings. The Hall–Kier alpha value is -3.45. The van der Waals surface area contributed by atoms with Gasteiger partial charge in [0.05, 0.1) is 18.1 Å². The predicted octanol–water partition coefficient (Wildman–Crippen LogP) is 4.11. The molecule has 1 fully saturated rings. The van der Waals surface area contributed by atoms with E-state index >= 15 is 0 Å². The topological polar surface area (TPSA) is 88.5 Å². The van der Waals surface area contributed by atoms with Crippen molar-refractivity contribution < 1.29 is 4.79 Å². The smallest absolute Gasteiger partial charge is 0.244 e. The minimum absolute atomic E-state index is 0.0287. The summed E-state index contributed by atoms with van der Waals surface area (Å²) in [5, 5.41) is 3.44. The van der Waals surface area contributed by atoms with Crippen LogP contribution in [0.25, 0.3) is 11.3 Å². The molecule has 2 heterocycles. The van der Waals surface area contributed by atoms with Gasteiger partial charge in [-0.3, -0.25) is 9.79 Å². The number of nitrogens with one attached hydrogen (secondary N) is 1. The van der Waals surface area contributed by atoms with E-state index in [4.69, 9.17) is 10.7 Å². The zero-order valence-corrected chi connectivity index (χ0v) is 21.6. The summed E-state index contributed by atoms with van der Waals surface area (Å²) in [5.74, 6) is 1.26. The number of carbonyl (C=O) groups excluding carboxylic acids is 1. The number of aliphatic imine (C=N–C) groups is 1. The third-order valence-electron chi connectivity index (χ3n) is 6.72. The summed E-state index contributed by atoms with van der Waals surface area (Å²) >= 11 is 0. The van der Waals surface area contributed by atoms with Gasteiger partial charge in [-0.25, -0.2) is 4.98 Å². The number of nitrogens with zero attached hydrogens (tertiary/aromatic N) is 4. The van der Waals surface area contributed by atoms with E-state index in [1.54, 1.807) is 0 Å². The summed E-state index contributed by atoms with van der Waals surface area (Å²) in [6, 6.07) is 20.4. The van der Waals surface area contributed by atoms with E-state index in [1.807, 2.05) is 29.2 Å². The average Bonchev–Trinajstić information content (AvgIpc) is 3.53. The molecule has 190 valence electrons. The van der Waals surface area contributed by atoms with Gasteiger partial charge in [0.1, 0.15) is 12.4 Å². The van der Waals surface area contributed by atoms with Crippen molar-refractivity contribution in [1.82, 2.24) is 19.8 Å². The number of nitrogens with two attached hydrogens (primary N) is 1. The molecule has 0 unspecified atom stereocenters. The first kappa shape index (κ1) is 25.6. The minimum Gasteiger partial charge on any atom is -0.390 e. The zero-order valence-electron chi connectivity index (χ0n) is 21.6. The Balaban J connectivity index is 1.82. The summed E-state index contributed by atoms with van der Waals surface area (Å²) in [7, 11) is 0. The Morgan fingerprint density at radius 2 is 1.89 bits per heavy atom. The molecule has 1 aromatic heterocycles. The van der Waals surface area contributed by atoms with Crippen molar-refractivity contribution in [3.05, 3.63) is 78.2 Å². The van der Waals surface area contributed by atoms with Gasteiger partial charge in [-0.15, -0.1) is 0 Å². The van der Waals surface area contributed by atoms with E-state index in [0.717, 1.165) is 36.6 Å². The maximum absolute atomic E-state index is 13.6. The number of carbonyl (C=O) groups is 1. The van der Waals surface area contributed by atoms with Crippen molar-refractivity contribution in [3.63, 3.8) is 0 Å². The zero-order chi connectivity index (χ0) is 25.5. The molecule has 0 spiro atoms. The van der Waals surface area contributed by atoms with E-state index in [2.05, 4.69) is 78.2 Å². The van der Waals surface area contributed by atoms with Crippen molar-refractivity contribution >= 4 is 12.2 Å². The molecule has 4 rings (SSSR count). The second kappa shape index (κ2) is 11.5.